The first-order valence-electron chi connectivity index (χ1n) is 27.7. The lowest BCUT2D eigenvalue weighted by Crippen LogP contribution is -2.44. The third-order valence-corrected chi connectivity index (χ3v) is 11.7. The van der Waals surface area contributed by atoms with Crippen LogP contribution in [0.25, 0.3) is 0 Å². The van der Waals surface area contributed by atoms with Crippen LogP contribution in [-0.4, -0.2) is 119 Å². The Kier molecular flexibility index (Phi) is 46.5. The number of piperazine rings is 1. The van der Waals surface area contributed by atoms with Crippen molar-refractivity contribution < 1.29 is 0 Å². The lowest BCUT2D eigenvalue weighted by Gasteiger charge is -2.32. The Balaban J connectivity index is -0.000000238. The normalized spacial score (nSPS) is 14.5. The summed E-state index contributed by atoms with van der Waals surface area (Å²) in [5.41, 5.74) is 4.46. The fourth-order valence-corrected chi connectivity index (χ4v) is 7.15. The summed E-state index contributed by atoms with van der Waals surface area (Å²) in [7, 11) is 6.47. The number of likely N-dealkylation sites (N-methyl/N-ethyl adjacent to an activating group) is 1. The van der Waals surface area contributed by atoms with Crippen LogP contribution < -0.4 is 5.32 Å². The highest BCUT2D eigenvalue weighted by Gasteiger charge is 2.16. The van der Waals surface area contributed by atoms with E-state index in [0.29, 0.717) is 32.5 Å². The predicted molar refractivity (Wildman–Crippen MR) is 322 cm³/mol. The maximum Gasteiger partial charge on any atom is 0.0851 e. The molecule has 6 heteroatoms. The molecule has 0 bridgehead atoms. The molecule has 1 N–H and O–H groups in total. The van der Waals surface area contributed by atoms with Gasteiger partial charge in [0, 0.05) is 39.3 Å². The van der Waals surface area contributed by atoms with Gasteiger partial charge in [-0.05, 0) is 162 Å². The van der Waals surface area contributed by atoms with E-state index in [1.165, 1.54) is 154 Å². The van der Waals surface area contributed by atoms with Crippen molar-refractivity contribution in [1.82, 2.24) is 24.9 Å². The fourth-order valence-electron chi connectivity index (χ4n) is 7.15. The van der Waals surface area contributed by atoms with E-state index in [9.17, 15) is 0 Å². The van der Waals surface area contributed by atoms with Crippen molar-refractivity contribution in [2.24, 2.45) is 37.5 Å². The summed E-state index contributed by atoms with van der Waals surface area (Å²) >= 11 is 0. The molecule has 69 heavy (non-hydrogen) atoms. The molecule has 416 valence electrons. The second-order valence-electron chi connectivity index (χ2n) is 27.6. The minimum Gasteiger partial charge on any atom is -0.361 e. The van der Waals surface area contributed by atoms with Crippen molar-refractivity contribution in [3.63, 3.8) is 0 Å². The summed E-state index contributed by atoms with van der Waals surface area (Å²) in [4.78, 5) is 13.8. The molecule has 2 aliphatic rings. The molecule has 0 saturated carbocycles. The number of aryl methyl sites for hydroxylation is 1. The molecule has 6 nitrogen and oxygen atoms in total. The number of hydrogen-bond acceptors (Lipinski definition) is 6. The van der Waals surface area contributed by atoms with Gasteiger partial charge in [-0.1, -0.05) is 197 Å². The zero-order valence-electron chi connectivity index (χ0n) is 50.4. The quantitative estimate of drug-likeness (QED) is 0.148. The molecular formula is C63H134N6. The molecule has 3 rings (SSSR count). The second-order valence-corrected chi connectivity index (χ2v) is 27.6. The Morgan fingerprint density at radius 1 is 0.507 bits per heavy atom. The van der Waals surface area contributed by atoms with Gasteiger partial charge in [0.2, 0.25) is 0 Å². The zero-order valence-corrected chi connectivity index (χ0v) is 50.4. The van der Waals surface area contributed by atoms with E-state index in [0.717, 1.165) is 13.1 Å². The zero-order chi connectivity index (χ0) is 52.2. The molecule has 1 aromatic rings. The van der Waals surface area contributed by atoms with Crippen molar-refractivity contribution in [2.75, 3.05) is 93.1 Å². The van der Waals surface area contributed by atoms with Gasteiger partial charge in [0.15, 0.2) is 0 Å². The topological polar surface area (TPSA) is 37.4 Å². The van der Waals surface area contributed by atoms with Crippen LogP contribution in [0.3, 0.4) is 0 Å². The molecule has 0 spiro atoms. The Morgan fingerprint density at radius 2 is 0.942 bits per heavy atom. The fraction of sp³-hybridized carbons (Fsp3) is 0.889. The summed E-state index contributed by atoms with van der Waals surface area (Å²) in [6, 6.07) is 10.7. The van der Waals surface area contributed by atoms with E-state index in [1.54, 1.807) is 0 Å². The van der Waals surface area contributed by atoms with E-state index in [2.05, 4.69) is 220 Å². The average molecular weight is 976 g/mol. The number of nitrogens with one attached hydrogen (secondary N) is 1. The molecule has 1 saturated heterocycles. The van der Waals surface area contributed by atoms with Crippen LogP contribution in [0.2, 0.25) is 0 Å². The van der Waals surface area contributed by atoms with Gasteiger partial charge in [0.05, 0.1) is 12.9 Å². The molecule has 0 aromatic heterocycles. The van der Waals surface area contributed by atoms with Crippen molar-refractivity contribution in [3.8, 4) is 0 Å². The minimum absolute atomic E-state index is 0. The number of rotatable bonds is 18. The maximum atomic E-state index is 4.18. The van der Waals surface area contributed by atoms with Crippen LogP contribution in [0, 0.1) is 32.5 Å². The first kappa shape index (κ1) is 76.4. The molecule has 0 radical (unpaired) electrons. The SMILES string of the molecule is C.C.CC(C)(C)CCCN1C=NCC1.CC(C)(C)CCc1ccccc1.CCCCC(C)(C)C.CCCNCCCC(C)(C)C.CN(C)CCCC(C)(C)C.CN1CCN(CCCC(C)(C)C)CC1. The smallest absolute Gasteiger partial charge is 0.0851 e. The third-order valence-electron chi connectivity index (χ3n) is 11.7. The van der Waals surface area contributed by atoms with Crippen molar-refractivity contribution in [1.29, 1.82) is 0 Å². The van der Waals surface area contributed by atoms with E-state index in [1.807, 2.05) is 6.34 Å². The average Bonchev–Trinajstić information content (AvgIpc) is 3.70. The van der Waals surface area contributed by atoms with Crippen LogP contribution in [0.1, 0.15) is 242 Å². The van der Waals surface area contributed by atoms with Crippen molar-refractivity contribution in [3.05, 3.63) is 35.9 Å². The van der Waals surface area contributed by atoms with Gasteiger partial charge in [0.25, 0.3) is 0 Å². The molecule has 0 unspecified atom stereocenters. The minimum atomic E-state index is 0. The summed E-state index contributed by atoms with van der Waals surface area (Å²) < 4.78 is 0. The Labute approximate surface area is 439 Å². The largest absolute Gasteiger partial charge is 0.361 e. The van der Waals surface area contributed by atoms with E-state index >= 15 is 0 Å². The van der Waals surface area contributed by atoms with Gasteiger partial charge in [0.1, 0.15) is 0 Å². The lowest BCUT2D eigenvalue weighted by atomic mass is 9.89. The van der Waals surface area contributed by atoms with Gasteiger partial charge < -0.3 is 24.9 Å². The third kappa shape index (κ3) is 68.6. The van der Waals surface area contributed by atoms with Crippen molar-refractivity contribution in [2.45, 2.75) is 243 Å². The van der Waals surface area contributed by atoms with Crippen LogP contribution in [0.5, 0.6) is 0 Å². The van der Waals surface area contributed by atoms with Gasteiger partial charge in [-0.15, -0.1) is 0 Å². The maximum absolute atomic E-state index is 4.18. The lowest BCUT2D eigenvalue weighted by molar-refractivity contribution is 0.147. The molecular weight excluding hydrogens is 841 g/mol. The molecule has 2 aliphatic heterocycles. The van der Waals surface area contributed by atoms with Crippen LogP contribution in [0.4, 0.5) is 0 Å². The van der Waals surface area contributed by atoms with Crippen LogP contribution >= 0.6 is 0 Å². The monoisotopic (exact) mass is 975 g/mol. The molecule has 0 amide bonds. The standard InChI is InChI=1S/C12H26N2.C12H18.C10H20N2.C10H23N.C9H21N.C8H18.2CH4/c1-12(2,3)6-5-7-14-10-8-13(4)9-11-14;1-12(2,3)10-9-11-7-5-4-6-8-11;1-10(2,3)5-4-7-12-8-6-11-9-12;1-5-8-11-9-6-7-10(2,3)4;1-9(2,3)7-6-8-10(4)5;1-5-6-7-8(2,3)4;;/h5-11H2,1-4H3;4-8H,9-10H2,1-3H3;9H,4-8H2,1-3H3;11H,5-9H2,1-4H3;6-8H2,1-5H3;5-7H2,1-4H3;2*1H4. The first-order valence-corrected chi connectivity index (χ1v) is 27.7. The molecule has 0 aliphatic carbocycles. The molecule has 2 heterocycles. The number of benzene rings is 1. The predicted octanol–water partition coefficient (Wildman–Crippen LogP) is 17.6. The van der Waals surface area contributed by atoms with Crippen LogP contribution in [0.15, 0.2) is 35.3 Å². The van der Waals surface area contributed by atoms with Gasteiger partial charge >= 0.3 is 0 Å². The van der Waals surface area contributed by atoms with Crippen molar-refractivity contribution >= 4 is 6.34 Å². The molecule has 0 atom stereocenters. The van der Waals surface area contributed by atoms with E-state index in [-0.39, 0.29) is 14.9 Å². The number of aliphatic imine (C=N–C) groups is 1. The first-order chi connectivity index (χ1) is 30.7. The van der Waals surface area contributed by atoms with Crippen LogP contribution in [-0.2, 0) is 6.42 Å². The summed E-state index contributed by atoms with van der Waals surface area (Å²) in [5, 5.41) is 3.41. The summed E-state index contributed by atoms with van der Waals surface area (Å²) in [5.74, 6) is 0. The van der Waals surface area contributed by atoms with Gasteiger partial charge in [-0.25, -0.2) is 0 Å². The van der Waals surface area contributed by atoms with E-state index in [4.69, 9.17) is 0 Å². The summed E-state index contributed by atoms with van der Waals surface area (Å²) in [6.45, 7) is 59.1. The number of hydrogen-bond donors (Lipinski definition) is 1. The molecule has 1 fully saturated rings. The second kappa shape index (κ2) is 41.9. The summed E-state index contributed by atoms with van der Waals surface area (Å²) in [6.07, 6.45) is 20.3. The highest BCUT2D eigenvalue weighted by Crippen LogP contribution is 2.24. The Morgan fingerprint density at radius 3 is 1.33 bits per heavy atom. The molecule has 1 aromatic carbocycles. The number of unbranched alkanes of at least 4 members (excludes halogenated alkanes) is 1. The number of nitrogens with zero attached hydrogens (tertiary/aromatic N) is 5. The Hall–Kier alpha value is -1.47. The highest BCUT2D eigenvalue weighted by molar-refractivity contribution is 5.56. The van der Waals surface area contributed by atoms with Gasteiger partial charge in [-0.2, -0.15) is 0 Å². The van der Waals surface area contributed by atoms with E-state index < -0.39 is 0 Å². The van der Waals surface area contributed by atoms with Gasteiger partial charge in [-0.3, -0.25) is 4.99 Å². The Bertz CT molecular complexity index is 1220. The highest BCUT2D eigenvalue weighted by atomic mass is 15.2.